The normalized spacial score (nSPS) is 11.3. The van der Waals surface area contributed by atoms with Gasteiger partial charge in [0.05, 0.1) is 4.90 Å². The van der Waals surface area contributed by atoms with Crippen molar-refractivity contribution in [2.75, 3.05) is 13.1 Å². The molecule has 0 bridgehead atoms. The van der Waals surface area contributed by atoms with Gasteiger partial charge in [-0.3, -0.25) is 4.79 Å². The van der Waals surface area contributed by atoms with E-state index in [4.69, 9.17) is 0 Å². The molecule has 1 aromatic carbocycles. The first-order chi connectivity index (χ1) is 8.33. The summed E-state index contributed by atoms with van der Waals surface area (Å²) in [5.74, 6) is -0.180. The van der Waals surface area contributed by atoms with Crippen LogP contribution in [0.2, 0.25) is 0 Å². The highest BCUT2D eigenvalue weighted by Gasteiger charge is 2.13. The summed E-state index contributed by atoms with van der Waals surface area (Å²) in [6, 6.07) is 4.98. The molecular weight excluding hydrogens is 252 g/mol. The van der Waals surface area contributed by atoms with Gasteiger partial charge in [-0.25, -0.2) is 13.1 Å². The van der Waals surface area contributed by atoms with Gasteiger partial charge in [0.1, 0.15) is 0 Å². The average molecular weight is 270 g/mol. The van der Waals surface area contributed by atoms with Crippen LogP contribution in [-0.4, -0.2) is 27.4 Å². The number of carbonyl (C=O) groups is 1. The van der Waals surface area contributed by atoms with Crippen LogP contribution in [0.1, 0.15) is 18.1 Å². The predicted molar refractivity (Wildman–Crippen MR) is 69.8 cm³/mol. The molecule has 1 amide bonds. The number of sulfonamides is 1. The minimum Gasteiger partial charge on any atom is -0.355 e. The van der Waals surface area contributed by atoms with Crippen molar-refractivity contribution in [2.45, 2.75) is 25.7 Å². The molecule has 0 atom stereocenters. The molecule has 1 aromatic rings. The summed E-state index contributed by atoms with van der Waals surface area (Å²) < 4.78 is 26.3. The Morgan fingerprint density at radius 1 is 1.17 bits per heavy atom. The highest BCUT2D eigenvalue weighted by Crippen LogP contribution is 2.14. The van der Waals surface area contributed by atoms with E-state index in [-0.39, 0.29) is 23.9 Å². The lowest BCUT2D eigenvalue weighted by Crippen LogP contribution is -2.33. The summed E-state index contributed by atoms with van der Waals surface area (Å²) in [5.41, 5.74) is 1.98. The maximum atomic E-state index is 11.9. The lowest BCUT2D eigenvalue weighted by molar-refractivity contribution is -0.118. The second-order valence-electron chi connectivity index (χ2n) is 4.13. The molecule has 100 valence electrons. The van der Waals surface area contributed by atoms with Gasteiger partial charge in [-0.1, -0.05) is 6.07 Å². The van der Waals surface area contributed by atoms with Crippen molar-refractivity contribution in [3.63, 3.8) is 0 Å². The fourth-order valence-electron chi connectivity index (χ4n) is 1.39. The number of amides is 1. The van der Waals surface area contributed by atoms with Crippen molar-refractivity contribution in [2.24, 2.45) is 0 Å². The minimum absolute atomic E-state index is 0.175. The standard InChI is InChI=1S/C12H18N2O3S/c1-9-4-5-12(8-10(9)2)18(16,17)14-7-6-13-11(3)15/h4-5,8,14H,6-7H2,1-3H3,(H,13,15). The highest BCUT2D eigenvalue weighted by atomic mass is 32.2. The third-order valence-corrected chi connectivity index (χ3v) is 4.04. The van der Waals surface area contributed by atoms with E-state index in [1.54, 1.807) is 18.2 Å². The van der Waals surface area contributed by atoms with Gasteiger partial charge < -0.3 is 5.32 Å². The molecule has 0 aromatic heterocycles. The maximum Gasteiger partial charge on any atom is 0.240 e. The van der Waals surface area contributed by atoms with Crippen LogP contribution in [0.4, 0.5) is 0 Å². The van der Waals surface area contributed by atoms with Crippen molar-refractivity contribution < 1.29 is 13.2 Å². The van der Waals surface area contributed by atoms with Gasteiger partial charge in [0, 0.05) is 20.0 Å². The van der Waals surface area contributed by atoms with Crippen LogP contribution in [0.25, 0.3) is 0 Å². The summed E-state index contributed by atoms with van der Waals surface area (Å²) in [7, 11) is -3.50. The Balaban J connectivity index is 2.68. The number of hydrogen-bond donors (Lipinski definition) is 2. The number of carbonyl (C=O) groups excluding carboxylic acids is 1. The second kappa shape index (κ2) is 5.97. The fourth-order valence-corrected chi connectivity index (χ4v) is 2.50. The van der Waals surface area contributed by atoms with E-state index in [0.717, 1.165) is 11.1 Å². The van der Waals surface area contributed by atoms with Crippen molar-refractivity contribution in [1.82, 2.24) is 10.0 Å². The molecule has 0 saturated heterocycles. The van der Waals surface area contributed by atoms with Gasteiger partial charge in [0.2, 0.25) is 15.9 Å². The van der Waals surface area contributed by atoms with Gasteiger partial charge >= 0.3 is 0 Å². The Kier molecular flexibility index (Phi) is 4.86. The molecule has 0 aliphatic heterocycles. The van der Waals surface area contributed by atoms with E-state index in [1.807, 2.05) is 13.8 Å². The Morgan fingerprint density at radius 2 is 1.83 bits per heavy atom. The Bertz CT molecular complexity index is 538. The smallest absolute Gasteiger partial charge is 0.240 e. The van der Waals surface area contributed by atoms with Crippen molar-refractivity contribution in [3.05, 3.63) is 29.3 Å². The Hall–Kier alpha value is -1.40. The van der Waals surface area contributed by atoms with E-state index < -0.39 is 10.0 Å². The molecule has 5 nitrogen and oxygen atoms in total. The molecule has 1 rings (SSSR count). The van der Waals surface area contributed by atoms with E-state index in [9.17, 15) is 13.2 Å². The van der Waals surface area contributed by atoms with E-state index in [1.165, 1.54) is 6.92 Å². The molecule has 0 fully saturated rings. The second-order valence-corrected chi connectivity index (χ2v) is 5.89. The van der Waals surface area contributed by atoms with Crippen LogP contribution in [0.15, 0.2) is 23.1 Å². The Labute approximate surface area is 108 Å². The molecule has 0 heterocycles. The van der Waals surface area contributed by atoms with Crippen molar-refractivity contribution >= 4 is 15.9 Å². The van der Waals surface area contributed by atoms with Crippen LogP contribution in [0.3, 0.4) is 0 Å². The third-order valence-electron chi connectivity index (χ3n) is 2.58. The molecule has 0 aliphatic rings. The number of benzene rings is 1. The van der Waals surface area contributed by atoms with Gasteiger partial charge in [0.25, 0.3) is 0 Å². The topological polar surface area (TPSA) is 75.3 Å². The van der Waals surface area contributed by atoms with Gasteiger partial charge in [0.15, 0.2) is 0 Å². The van der Waals surface area contributed by atoms with Crippen LogP contribution < -0.4 is 10.0 Å². The summed E-state index contributed by atoms with van der Waals surface area (Å²) in [6.07, 6.45) is 0. The fraction of sp³-hybridized carbons (Fsp3) is 0.417. The zero-order valence-electron chi connectivity index (χ0n) is 10.8. The molecule has 2 N–H and O–H groups in total. The van der Waals surface area contributed by atoms with E-state index in [2.05, 4.69) is 10.0 Å². The number of rotatable bonds is 5. The van der Waals surface area contributed by atoms with Crippen LogP contribution in [0, 0.1) is 13.8 Å². The van der Waals surface area contributed by atoms with Crippen molar-refractivity contribution in [1.29, 1.82) is 0 Å². The van der Waals surface area contributed by atoms with Gasteiger partial charge in [-0.15, -0.1) is 0 Å². The molecule has 0 unspecified atom stereocenters. The molecule has 0 spiro atoms. The van der Waals surface area contributed by atoms with Crippen molar-refractivity contribution in [3.8, 4) is 0 Å². The lowest BCUT2D eigenvalue weighted by atomic mass is 10.1. The number of aryl methyl sites for hydroxylation is 2. The van der Waals surface area contributed by atoms with Crippen LogP contribution in [0.5, 0.6) is 0 Å². The number of hydrogen-bond acceptors (Lipinski definition) is 3. The zero-order valence-corrected chi connectivity index (χ0v) is 11.6. The maximum absolute atomic E-state index is 11.9. The van der Waals surface area contributed by atoms with Gasteiger partial charge in [-0.05, 0) is 37.1 Å². The minimum atomic E-state index is -3.50. The Morgan fingerprint density at radius 3 is 2.39 bits per heavy atom. The third kappa shape index (κ3) is 4.12. The molecule has 0 aliphatic carbocycles. The molecule has 0 radical (unpaired) electrons. The first kappa shape index (κ1) is 14.7. The SMILES string of the molecule is CC(=O)NCCNS(=O)(=O)c1ccc(C)c(C)c1. The molecule has 6 heteroatoms. The average Bonchev–Trinajstić information content (AvgIpc) is 2.28. The van der Waals surface area contributed by atoms with Crippen LogP contribution in [-0.2, 0) is 14.8 Å². The summed E-state index contributed by atoms with van der Waals surface area (Å²) in [5, 5.41) is 2.52. The van der Waals surface area contributed by atoms with Gasteiger partial charge in [-0.2, -0.15) is 0 Å². The monoisotopic (exact) mass is 270 g/mol. The molecule has 0 saturated carbocycles. The largest absolute Gasteiger partial charge is 0.355 e. The van der Waals surface area contributed by atoms with E-state index in [0.29, 0.717) is 0 Å². The lowest BCUT2D eigenvalue weighted by Gasteiger charge is -2.08. The summed E-state index contributed by atoms with van der Waals surface area (Å²) >= 11 is 0. The predicted octanol–water partition coefficient (Wildman–Crippen LogP) is 0.718. The zero-order chi connectivity index (χ0) is 13.8. The molecule has 18 heavy (non-hydrogen) atoms. The van der Waals surface area contributed by atoms with E-state index >= 15 is 0 Å². The summed E-state index contributed by atoms with van der Waals surface area (Å²) in [4.78, 5) is 10.9. The summed E-state index contributed by atoms with van der Waals surface area (Å²) in [6.45, 7) is 5.63. The number of nitrogens with one attached hydrogen (secondary N) is 2. The highest BCUT2D eigenvalue weighted by molar-refractivity contribution is 7.89. The quantitative estimate of drug-likeness (QED) is 0.774. The molecular formula is C12H18N2O3S. The first-order valence-electron chi connectivity index (χ1n) is 5.64. The first-order valence-corrected chi connectivity index (χ1v) is 7.12. The van der Waals surface area contributed by atoms with Crippen LogP contribution >= 0.6 is 0 Å².